The average molecular weight is 637 g/mol. The van der Waals surface area contributed by atoms with Gasteiger partial charge in [0.05, 0.1) is 0 Å². The zero-order valence-electron chi connectivity index (χ0n) is 27.0. The fourth-order valence-corrected chi connectivity index (χ4v) is 8.24. The van der Waals surface area contributed by atoms with Crippen LogP contribution in [0.4, 0.5) is 0 Å². The third kappa shape index (κ3) is 3.90. The first-order chi connectivity index (χ1) is 24.8. The van der Waals surface area contributed by atoms with Crippen LogP contribution in [0.2, 0.25) is 0 Å². The molecule has 0 saturated carbocycles. The van der Waals surface area contributed by atoms with Crippen LogP contribution in [0.15, 0.2) is 179 Å². The summed E-state index contributed by atoms with van der Waals surface area (Å²) in [5.41, 5.74) is 10.6. The Bertz CT molecular complexity index is 3160. The molecule has 11 rings (SSSR count). The lowest BCUT2D eigenvalue weighted by atomic mass is 9.83. The van der Waals surface area contributed by atoms with Crippen molar-refractivity contribution in [2.75, 3.05) is 0 Å². The quantitative estimate of drug-likeness (QED) is 0.142. The summed E-state index contributed by atoms with van der Waals surface area (Å²) < 4.78 is 13.0. The van der Waals surface area contributed by atoms with Crippen LogP contribution < -0.4 is 0 Å². The fourth-order valence-electron chi connectivity index (χ4n) is 8.24. The molecule has 11 aromatic rings. The molecule has 232 valence electrons. The van der Waals surface area contributed by atoms with E-state index in [0.717, 1.165) is 60.6 Å². The van der Waals surface area contributed by atoms with Crippen molar-refractivity contribution in [1.82, 2.24) is 0 Å². The predicted molar refractivity (Wildman–Crippen MR) is 210 cm³/mol. The molecule has 0 radical (unpaired) electrons. The van der Waals surface area contributed by atoms with Gasteiger partial charge in [-0.3, -0.25) is 0 Å². The Hall–Kier alpha value is -6.64. The van der Waals surface area contributed by atoms with E-state index in [2.05, 4.69) is 152 Å². The molecule has 0 aliphatic heterocycles. The molecule has 0 saturated heterocycles. The Balaban J connectivity index is 1.22. The van der Waals surface area contributed by atoms with Crippen LogP contribution in [0, 0.1) is 0 Å². The molecule has 0 spiro atoms. The molecule has 50 heavy (non-hydrogen) atoms. The van der Waals surface area contributed by atoms with Gasteiger partial charge in [0, 0.05) is 32.7 Å². The van der Waals surface area contributed by atoms with Crippen molar-refractivity contribution in [3.8, 4) is 33.4 Å². The second-order valence-corrected chi connectivity index (χ2v) is 13.2. The van der Waals surface area contributed by atoms with Gasteiger partial charge in [-0.25, -0.2) is 0 Å². The molecule has 0 aliphatic rings. The van der Waals surface area contributed by atoms with Crippen molar-refractivity contribution in [1.29, 1.82) is 0 Å². The van der Waals surface area contributed by atoms with Crippen molar-refractivity contribution < 1.29 is 8.83 Å². The number of fused-ring (bicyclic) bond motifs is 10. The summed E-state index contributed by atoms with van der Waals surface area (Å²) in [5.74, 6) is 0. The smallest absolute Gasteiger partial charge is 0.143 e. The molecule has 0 bridgehead atoms. The predicted octanol–water partition coefficient (Wildman–Crippen LogP) is 13.9. The maximum atomic E-state index is 6.67. The Morgan fingerprint density at radius 2 is 0.880 bits per heavy atom. The van der Waals surface area contributed by atoms with Gasteiger partial charge in [-0.1, -0.05) is 140 Å². The third-order valence-corrected chi connectivity index (χ3v) is 10.5. The Morgan fingerprint density at radius 1 is 0.300 bits per heavy atom. The second kappa shape index (κ2) is 10.4. The van der Waals surface area contributed by atoms with E-state index in [0.29, 0.717) is 0 Å². The number of rotatable bonds is 3. The molecule has 2 heteroatoms. The summed E-state index contributed by atoms with van der Waals surface area (Å²) >= 11 is 0. The number of hydrogen-bond donors (Lipinski definition) is 0. The van der Waals surface area contributed by atoms with E-state index in [9.17, 15) is 0 Å². The van der Waals surface area contributed by atoms with E-state index in [1.165, 1.54) is 49.0 Å². The van der Waals surface area contributed by atoms with Crippen molar-refractivity contribution in [3.05, 3.63) is 170 Å². The maximum Gasteiger partial charge on any atom is 0.143 e. The van der Waals surface area contributed by atoms with Crippen LogP contribution in [-0.2, 0) is 0 Å². The highest BCUT2D eigenvalue weighted by Crippen LogP contribution is 2.49. The molecule has 9 aromatic carbocycles. The van der Waals surface area contributed by atoms with Crippen molar-refractivity contribution in [3.63, 3.8) is 0 Å². The van der Waals surface area contributed by atoms with Crippen LogP contribution in [0.25, 0.3) is 110 Å². The number of para-hydroxylation sites is 3. The van der Waals surface area contributed by atoms with Crippen LogP contribution >= 0.6 is 0 Å². The van der Waals surface area contributed by atoms with Crippen LogP contribution in [0.5, 0.6) is 0 Å². The molecule has 0 amide bonds. The number of hydrogen-bond acceptors (Lipinski definition) is 2. The van der Waals surface area contributed by atoms with Gasteiger partial charge < -0.3 is 8.83 Å². The molecule has 2 aromatic heterocycles. The molecule has 2 nitrogen and oxygen atoms in total. The Kier molecular flexibility index (Phi) is 5.70. The first-order valence-electron chi connectivity index (χ1n) is 17.1. The lowest BCUT2D eigenvalue weighted by molar-refractivity contribution is 0.669. The minimum Gasteiger partial charge on any atom is -0.456 e. The van der Waals surface area contributed by atoms with E-state index >= 15 is 0 Å². The molecule has 2 heterocycles. The number of benzene rings is 9. The van der Waals surface area contributed by atoms with Crippen LogP contribution in [0.3, 0.4) is 0 Å². The summed E-state index contributed by atoms with van der Waals surface area (Å²) in [5, 5.41) is 11.9. The van der Waals surface area contributed by atoms with E-state index in [-0.39, 0.29) is 0 Å². The lowest BCUT2D eigenvalue weighted by Crippen LogP contribution is -1.92. The highest BCUT2D eigenvalue weighted by molar-refractivity contribution is 6.29. The van der Waals surface area contributed by atoms with E-state index in [1.807, 2.05) is 18.2 Å². The average Bonchev–Trinajstić information content (AvgIpc) is 3.75. The van der Waals surface area contributed by atoms with Crippen molar-refractivity contribution >= 4 is 76.2 Å². The molecule has 0 aliphatic carbocycles. The standard InChI is InChI=1S/C48H28O2/c1-2-14-33-29(11-1)23-26-40-45(32-13-9-12-30(27-32)31-24-25-36-34-15-5-7-21-42(34)49-44(36)28-31)37-17-3-4-18-38(37)47(46(33)40)41-20-10-19-39-35-16-6-8-22-43(35)50-48(39)41/h1-28H. The monoisotopic (exact) mass is 636 g/mol. The van der Waals surface area contributed by atoms with Gasteiger partial charge in [-0.2, -0.15) is 0 Å². The minimum absolute atomic E-state index is 0.903. The highest BCUT2D eigenvalue weighted by atomic mass is 16.3. The lowest BCUT2D eigenvalue weighted by Gasteiger charge is -2.20. The van der Waals surface area contributed by atoms with Crippen molar-refractivity contribution in [2.24, 2.45) is 0 Å². The summed E-state index contributed by atoms with van der Waals surface area (Å²) in [6.07, 6.45) is 0. The molecular weight excluding hydrogens is 609 g/mol. The second-order valence-electron chi connectivity index (χ2n) is 13.2. The van der Waals surface area contributed by atoms with Crippen LogP contribution in [-0.4, -0.2) is 0 Å². The normalized spacial score (nSPS) is 12.0. The van der Waals surface area contributed by atoms with Gasteiger partial charge in [0.1, 0.15) is 22.3 Å². The summed E-state index contributed by atoms with van der Waals surface area (Å²) in [6, 6.07) is 60.9. The third-order valence-electron chi connectivity index (χ3n) is 10.5. The molecule has 0 N–H and O–H groups in total. The van der Waals surface area contributed by atoms with Gasteiger partial charge in [0.15, 0.2) is 0 Å². The van der Waals surface area contributed by atoms with Gasteiger partial charge in [-0.05, 0) is 84.9 Å². The molecule has 0 unspecified atom stereocenters. The molecular formula is C48H28O2. The van der Waals surface area contributed by atoms with Crippen LogP contribution in [0.1, 0.15) is 0 Å². The minimum atomic E-state index is 0.903. The SMILES string of the molecule is c1cc(-c2ccc3c(c2)oc2ccccc23)cc(-c2c3ccccc3c(-c3cccc4c3oc3ccccc34)c3c2ccc2ccccc23)c1. The first kappa shape index (κ1) is 27.3. The summed E-state index contributed by atoms with van der Waals surface area (Å²) in [6.45, 7) is 0. The van der Waals surface area contributed by atoms with E-state index < -0.39 is 0 Å². The van der Waals surface area contributed by atoms with Gasteiger partial charge in [-0.15, -0.1) is 0 Å². The zero-order chi connectivity index (χ0) is 32.8. The van der Waals surface area contributed by atoms with Crippen molar-refractivity contribution in [2.45, 2.75) is 0 Å². The topological polar surface area (TPSA) is 26.3 Å². The van der Waals surface area contributed by atoms with Gasteiger partial charge in [0.2, 0.25) is 0 Å². The van der Waals surface area contributed by atoms with E-state index in [4.69, 9.17) is 8.83 Å². The number of furan rings is 2. The first-order valence-corrected chi connectivity index (χ1v) is 17.1. The van der Waals surface area contributed by atoms with Gasteiger partial charge >= 0.3 is 0 Å². The summed E-state index contributed by atoms with van der Waals surface area (Å²) in [7, 11) is 0. The molecule has 0 atom stereocenters. The Morgan fingerprint density at radius 3 is 1.72 bits per heavy atom. The highest BCUT2D eigenvalue weighted by Gasteiger charge is 2.22. The largest absolute Gasteiger partial charge is 0.456 e. The van der Waals surface area contributed by atoms with E-state index in [1.54, 1.807) is 0 Å². The zero-order valence-corrected chi connectivity index (χ0v) is 27.0. The Labute approximate surface area is 287 Å². The fraction of sp³-hybridized carbons (Fsp3) is 0. The summed E-state index contributed by atoms with van der Waals surface area (Å²) in [4.78, 5) is 0. The molecule has 0 fully saturated rings. The van der Waals surface area contributed by atoms with Gasteiger partial charge in [0.25, 0.3) is 0 Å². The maximum absolute atomic E-state index is 6.67.